The number of nitrogens with two attached hydrogens (primary N) is 1. The van der Waals surface area contributed by atoms with Gasteiger partial charge in [0, 0.05) is 37.3 Å². The Bertz CT molecular complexity index is 1050. The number of H-pyrrole nitrogens is 1. The van der Waals surface area contributed by atoms with Crippen LogP contribution >= 0.6 is 24.8 Å². The maximum Gasteiger partial charge on any atom is 0.330 e. The van der Waals surface area contributed by atoms with Crippen molar-refractivity contribution in [2.45, 2.75) is 58.0 Å². The van der Waals surface area contributed by atoms with Gasteiger partial charge >= 0.3 is 5.69 Å². The Balaban J connectivity index is 0.00000160. The molecule has 1 aliphatic heterocycles. The largest absolute Gasteiger partial charge is 0.337 e. The van der Waals surface area contributed by atoms with Gasteiger partial charge in [0.15, 0.2) is 5.65 Å². The van der Waals surface area contributed by atoms with Gasteiger partial charge in [-0.1, -0.05) is 13.8 Å². The third kappa shape index (κ3) is 4.71. The molecule has 4 rings (SSSR count). The molecule has 1 saturated carbocycles. The molecule has 3 N–H and O–H groups in total. The average Bonchev–Trinajstić information content (AvgIpc) is 3.48. The normalized spacial score (nSPS) is 18.8. The number of fused-ring (bicyclic) bond motifs is 1. The number of hydrogen-bond acceptors (Lipinski definition) is 5. The molecule has 2 aliphatic rings. The number of nitrogens with zero attached hydrogens (tertiary/aromatic N) is 3. The lowest BCUT2D eigenvalue weighted by molar-refractivity contribution is 0.0710. The van der Waals surface area contributed by atoms with Crippen molar-refractivity contribution in [2.24, 2.45) is 11.7 Å². The van der Waals surface area contributed by atoms with E-state index in [-0.39, 0.29) is 48.1 Å². The molecule has 0 aromatic carbocycles. The van der Waals surface area contributed by atoms with Crippen molar-refractivity contribution in [3.8, 4) is 0 Å². The van der Waals surface area contributed by atoms with Crippen molar-refractivity contribution in [3.63, 3.8) is 0 Å². The Morgan fingerprint density at radius 2 is 1.97 bits per heavy atom. The molecule has 0 radical (unpaired) electrons. The summed E-state index contributed by atoms with van der Waals surface area (Å²) in [5, 5.41) is 0.203. The fourth-order valence-electron chi connectivity index (χ4n) is 3.95. The Hall–Kier alpha value is -1.90. The van der Waals surface area contributed by atoms with Gasteiger partial charge in [-0.05, 0) is 37.7 Å². The molecular formula is C20H29Cl2N5O3. The Labute approximate surface area is 187 Å². The van der Waals surface area contributed by atoms with E-state index in [0.717, 1.165) is 31.4 Å². The third-order valence-electron chi connectivity index (χ3n) is 5.49. The van der Waals surface area contributed by atoms with Gasteiger partial charge < -0.3 is 10.6 Å². The van der Waals surface area contributed by atoms with Crippen molar-refractivity contribution in [1.82, 2.24) is 19.4 Å². The van der Waals surface area contributed by atoms with E-state index < -0.39 is 11.2 Å². The summed E-state index contributed by atoms with van der Waals surface area (Å²) in [5.41, 5.74) is 6.45. The summed E-state index contributed by atoms with van der Waals surface area (Å²) in [6.45, 7) is 5.52. The number of nitrogens with one attached hydrogen (secondary N) is 1. The van der Waals surface area contributed by atoms with Crippen molar-refractivity contribution in [1.29, 1.82) is 0 Å². The number of rotatable bonds is 4. The van der Waals surface area contributed by atoms with Gasteiger partial charge in [0.1, 0.15) is 0 Å². The van der Waals surface area contributed by atoms with Crippen LogP contribution in [0.25, 0.3) is 11.0 Å². The molecule has 2 aromatic rings. The minimum absolute atomic E-state index is 0. The molecular weight excluding hydrogens is 429 g/mol. The number of carbonyl (C=O) groups is 1. The highest BCUT2D eigenvalue weighted by Crippen LogP contribution is 2.40. The van der Waals surface area contributed by atoms with Crippen molar-refractivity contribution >= 4 is 41.8 Å². The number of likely N-dealkylation sites (tertiary alicyclic amines) is 1. The van der Waals surface area contributed by atoms with Crippen molar-refractivity contribution < 1.29 is 4.79 Å². The fourth-order valence-corrected chi connectivity index (χ4v) is 3.95. The van der Waals surface area contributed by atoms with Crippen LogP contribution in [-0.4, -0.2) is 44.5 Å². The number of hydrogen-bond donors (Lipinski definition) is 2. The minimum Gasteiger partial charge on any atom is -0.337 e. The highest BCUT2D eigenvalue weighted by molar-refractivity contribution is 6.05. The van der Waals surface area contributed by atoms with Gasteiger partial charge in [0.25, 0.3) is 11.5 Å². The van der Waals surface area contributed by atoms with Gasteiger partial charge in [0.05, 0.1) is 10.9 Å². The van der Waals surface area contributed by atoms with E-state index in [2.05, 4.69) is 9.97 Å². The SMILES string of the molecule is CC(C)Cn1c(=O)[nH]c(=O)c2c(C(=O)N3CCCC(N)C3)cc(C3CC3)nc21.Cl.Cl. The summed E-state index contributed by atoms with van der Waals surface area (Å²) >= 11 is 0. The van der Waals surface area contributed by atoms with Gasteiger partial charge in [-0.2, -0.15) is 0 Å². The zero-order valence-electron chi connectivity index (χ0n) is 17.2. The molecule has 8 nitrogen and oxygen atoms in total. The molecule has 3 heterocycles. The topological polar surface area (TPSA) is 114 Å². The summed E-state index contributed by atoms with van der Waals surface area (Å²) in [6, 6.07) is 1.70. The summed E-state index contributed by atoms with van der Waals surface area (Å²) in [4.78, 5) is 47.3. The smallest absolute Gasteiger partial charge is 0.330 e. The zero-order chi connectivity index (χ0) is 20.0. The first kappa shape index (κ1) is 24.4. The highest BCUT2D eigenvalue weighted by Gasteiger charge is 2.31. The molecule has 0 bridgehead atoms. The van der Waals surface area contributed by atoms with Gasteiger partial charge in [0.2, 0.25) is 0 Å². The lowest BCUT2D eigenvalue weighted by Gasteiger charge is -2.31. The van der Waals surface area contributed by atoms with Crippen LogP contribution in [0.4, 0.5) is 0 Å². The van der Waals surface area contributed by atoms with Gasteiger partial charge in [-0.25, -0.2) is 9.78 Å². The minimum atomic E-state index is -0.556. The molecule has 1 amide bonds. The van der Waals surface area contributed by atoms with Gasteiger partial charge in [-0.3, -0.25) is 19.1 Å². The van der Waals surface area contributed by atoms with E-state index in [0.29, 0.717) is 36.8 Å². The first-order chi connectivity index (χ1) is 13.3. The predicted octanol–water partition coefficient (Wildman–Crippen LogP) is 2.03. The number of halogens is 2. The second-order valence-corrected chi connectivity index (χ2v) is 8.48. The Morgan fingerprint density at radius 3 is 2.57 bits per heavy atom. The molecule has 166 valence electrons. The number of aromatic nitrogens is 3. The maximum atomic E-state index is 13.3. The molecule has 1 saturated heterocycles. The van der Waals surface area contributed by atoms with Crippen molar-refractivity contribution in [3.05, 3.63) is 38.2 Å². The Morgan fingerprint density at radius 1 is 1.27 bits per heavy atom. The standard InChI is InChI=1S/C20H27N5O3.2ClH/c1-11(2)9-25-17-16(18(26)23-20(25)28)14(8-15(22-17)12-5-6-12)19(27)24-7-3-4-13(21)10-24;;/h8,11-13H,3-7,9-10,21H2,1-2H3,(H,23,26,28);2*1H. The fraction of sp³-hybridized carbons (Fsp3) is 0.600. The molecule has 30 heavy (non-hydrogen) atoms. The lowest BCUT2D eigenvalue weighted by Crippen LogP contribution is -2.46. The van der Waals surface area contributed by atoms with E-state index in [1.54, 1.807) is 11.0 Å². The van der Waals surface area contributed by atoms with Crippen LogP contribution in [0.2, 0.25) is 0 Å². The summed E-state index contributed by atoms with van der Waals surface area (Å²) in [7, 11) is 0. The molecule has 10 heteroatoms. The number of amides is 1. The lowest BCUT2D eigenvalue weighted by atomic mass is 10.0. The number of carbonyl (C=O) groups excluding carboxylic acids is 1. The molecule has 2 aromatic heterocycles. The van der Waals surface area contributed by atoms with Crippen LogP contribution in [0.15, 0.2) is 15.7 Å². The van der Waals surface area contributed by atoms with E-state index in [1.165, 1.54) is 4.57 Å². The van der Waals surface area contributed by atoms with Crippen molar-refractivity contribution in [2.75, 3.05) is 13.1 Å². The van der Waals surface area contributed by atoms with E-state index in [9.17, 15) is 14.4 Å². The molecule has 0 spiro atoms. The predicted molar refractivity (Wildman–Crippen MR) is 121 cm³/mol. The average molecular weight is 458 g/mol. The number of piperidine rings is 1. The van der Waals surface area contributed by atoms with E-state index in [1.807, 2.05) is 13.8 Å². The number of aromatic amines is 1. The van der Waals surface area contributed by atoms with Crippen LogP contribution in [-0.2, 0) is 6.54 Å². The monoisotopic (exact) mass is 457 g/mol. The quantitative estimate of drug-likeness (QED) is 0.728. The Kier molecular flexibility index (Phi) is 7.71. The molecule has 1 atom stereocenters. The first-order valence-electron chi connectivity index (χ1n) is 10.1. The van der Waals surface area contributed by atoms with Crippen LogP contribution in [0.3, 0.4) is 0 Å². The first-order valence-corrected chi connectivity index (χ1v) is 10.1. The zero-order valence-corrected chi connectivity index (χ0v) is 18.9. The van der Waals surface area contributed by atoms with Gasteiger partial charge in [-0.15, -0.1) is 24.8 Å². The summed E-state index contributed by atoms with van der Waals surface area (Å²) in [6.07, 6.45) is 3.76. The number of pyridine rings is 1. The van der Waals surface area contributed by atoms with Crippen LogP contribution in [0.5, 0.6) is 0 Å². The highest BCUT2D eigenvalue weighted by atomic mass is 35.5. The molecule has 2 fully saturated rings. The van der Waals surface area contributed by atoms with Crippen LogP contribution in [0, 0.1) is 5.92 Å². The second kappa shape index (κ2) is 9.49. The van der Waals surface area contributed by atoms with Crippen LogP contribution in [0.1, 0.15) is 61.5 Å². The second-order valence-electron chi connectivity index (χ2n) is 8.48. The molecule has 1 aliphatic carbocycles. The molecule has 1 unspecified atom stereocenters. The summed E-state index contributed by atoms with van der Waals surface area (Å²) < 4.78 is 1.49. The van der Waals surface area contributed by atoms with E-state index in [4.69, 9.17) is 5.73 Å². The van der Waals surface area contributed by atoms with Crippen LogP contribution < -0.4 is 17.0 Å². The van der Waals surface area contributed by atoms with E-state index >= 15 is 0 Å². The third-order valence-corrected chi connectivity index (χ3v) is 5.49. The summed E-state index contributed by atoms with van der Waals surface area (Å²) in [5.74, 6) is 0.281. The maximum absolute atomic E-state index is 13.3.